The molecule has 0 spiro atoms. The Hall–Kier alpha value is -1.40. The second-order valence-corrected chi connectivity index (χ2v) is 4.04. The Labute approximate surface area is 107 Å². The molecule has 2 heterocycles. The van der Waals surface area contributed by atoms with Gasteiger partial charge in [0.2, 0.25) is 5.88 Å². The molecule has 2 rings (SSSR count). The highest BCUT2D eigenvalue weighted by atomic mass is 79.9. The van der Waals surface area contributed by atoms with Gasteiger partial charge in [0.15, 0.2) is 4.67 Å². The zero-order valence-corrected chi connectivity index (χ0v) is 11.1. The highest BCUT2D eigenvalue weighted by Gasteiger charge is 2.22. The van der Waals surface area contributed by atoms with Crippen molar-refractivity contribution in [3.8, 4) is 5.88 Å². The van der Waals surface area contributed by atoms with Crippen molar-refractivity contribution in [3.05, 3.63) is 40.7 Å². The van der Waals surface area contributed by atoms with Crippen LogP contribution in [0.3, 0.4) is 0 Å². The summed E-state index contributed by atoms with van der Waals surface area (Å²) in [5.74, 6) is 0.500. The minimum atomic E-state index is -0.133. The average Bonchev–Trinajstić information content (AvgIpc) is 2.78. The van der Waals surface area contributed by atoms with Crippen LogP contribution in [0.15, 0.2) is 33.8 Å². The summed E-state index contributed by atoms with van der Waals surface area (Å²) in [6.45, 7) is 0. The Morgan fingerprint density at radius 3 is 2.76 bits per heavy atom. The fourth-order valence-corrected chi connectivity index (χ4v) is 2.11. The van der Waals surface area contributed by atoms with Gasteiger partial charge in [-0.3, -0.25) is 4.98 Å². The predicted octanol–water partition coefficient (Wildman–Crippen LogP) is 2.15. The largest absolute Gasteiger partial charge is 0.480 e. The standard InChI is InChI=1S/C11H12BrN3O2/c1-13-8(7-3-6-17-10(7)12)9-11(16-2)15-5-4-14-9/h3-6,8,13H,1-2H3. The van der Waals surface area contributed by atoms with Gasteiger partial charge in [0.1, 0.15) is 5.69 Å². The number of furan rings is 1. The topological polar surface area (TPSA) is 60.2 Å². The van der Waals surface area contributed by atoms with E-state index >= 15 is 0 Å². The number of hydrogen-bond donors (Lipinski definition) is 1. The molecule has 6 heteroatoms. The quantitative estimate of drug-likeness (QED) is 0.937. The van der Waals surface area contributed by atoms with E-state index in [-0.39, 0.29) is 6.04 Å². The monoisotopic (exact) mass is 297 g/mol. The van der Waals surface area contributed by atoms with E-state index < -0.39 is 0 Å². The molecule has 0 bridgehead atoms. The SMILES string of the molecule is CNC(c1ccoc1Br)c1nccnc1OC. The molecule has 0 saturated heterocycles. The molecular weight excluding hydrogens is 286 g/mol. The van der Waals surface area contributed by atoms with Crippen molar-refractivity contribution < 1.29 is 9.15 Å². The maximum Gasteiger partial charge on any atom is 0.237 e. The molecule has 0 aromatic carbocycles. The fourth-order valence-electron chi connectivity index (χ4n) is 1.64. The number of nitrogens with one attached hydrogen (secondary N) is 1. The van der Waals surface area contributed by atoms with Gasteiger partial charge >= 0.3 is 0 Å². The molecule has 0 fully saturated rings. The third-order valence-corrected chi connectivity index (χ3v) is 3.05. The Bertz CT molecular complexity index is 501. The summed E-state index contributed by atoms with van der Waals surface area (Å²) in [6.07, 6.45) is 4.85. The molecule has 2 aromatic rings. The molecule has 90 valence electrons. The van der Waals surface area contributed by atoms with Crippen LogP contribution in [0.2, 0.25) is 0 Å². The summed E-state index contributed by atoms with van der Waals surface area (Å²) in [4.78, 5) is 8.44. The van der Waals surface area contributed by atoms with E-state index in [1.165, 1.54) is 0 Å². The number of nitrogens with zero attached hydrogens (tertiary/aromatic N) is 2. The van der Waals surface area contributed by atoms with Crippen molar-refractivity contribution in [3.63, 3.8) is 0 Å². The maximum absolute atomic E-state index is 5.23. The zero-order chi connectivity index (χ0) is 12.3. The molecule has 0 aliphatic rings. The van der Waals surface area contributed by atoms with Crippen molar-refractivity contribution in [1.29, 1.82) is 0 Å². The zero-order valence-electron chi connectivity index (χ0n) is 9.48. The Morgan fingerprint density at radius 1 is 1.41 bits per heavy atom. The molecule has 1 unspecified atom stereocenters. The minimum Gasteiger partial charge on any atom is -0.480 e. The number of hydrogen-bond acceptors (Lipinski definition) is 5. The average molecular weight is 298 g/mol. The molecule has 2 aromatic heterocycles. The summed E-state index contributed by atoms with van der Waals surface area (Å²) in [6, 6.07) is 1.74. The number of aromatic nitrogens is 2. The van der Waals surface area contributed by atoms with E-state index in [1.807, 2.05) is 13.1 Å². The van der Waals surface area contributed by atoms with Gasteiger partial charge in [-0.1, -0.05) is 0 Å². The van der Waals surface area contributed by atoms with Crippen LogP contribution in [0, 0.1) is 0 Å². The van der Waals surface area contributed by atoms with Crippen LogP contribution in [-0.4, -0.2) is 24.1 Å². The van der Waals surface area contributed by atoms with E-state index in [1.54, 1.807) is 25.8 Å². The molecule has 0 amide bonds. The van der Waals surface area contributed by atoms with Crippen molar-refractivity contribution in [2.75, 3.05) is 14.2 Å². The van der Waals surface area contributed by atoms with Crippen molar-refractivity contribution in [2.45, 2.75) is 6.04 Å². The van der Waals surface area contributed by atoms with E-state index in [9.17, 15) is 0 Å². The van der Waals surface area contributed by atoms with Crippen molar-refractivity contribution >= 4 is 15.9 Å². The second kappa shape index (κ2) is 5.29. The first-order valence-corrected chi connectivity index (χ1v) is 5.82. The first kappa shape index (κ1) is 12.1. The molecule has 1 N–H and O–H groups in total. The van der Waals surface area contributed by atoms with Gasteiger partial charge in [-0.05, 0) is 29.0 Å². The number of rotatable bonds is 4. The van der Waals surface area contributed by atoms with Crippen LogP contribution in [0.25, 0.3) is 0 Å². The van der Waals surface area contributed by atoms with E-state index in [0.717, 1.165) is 11.3 Å². The lowest BCUT2D eigenvalue weighted by Gasteiger charge is -2.16. The van der Waals surface area contributed by atoms with Gasteiger partial charge in [0.25, 0.3) is 0 Å². The fraction of sp³-hybridized carbons (Fsp3) is 0.273. The van der Waals surface area contributed by atoms with E-state index in [0.29, 0.717) is 10.5 Å². The normalized spacial score (nSPS) is 12.4. The minimum absolute atomic E-state index is 0.133. The lowest BCUT2D eigenvalue weighted by molar-refractivity contribution is 0.383. The van der Waals surface area contributed by atoms with Gasteiger partial charge in [0, 0.05) is 18.0 Å². The third kappa shape index (κ3) is 2.32. The molecule has 0 aliphatic carbocycles. The van der Waals surface area contributed by atoms with Crippen LogP contribution >= 0.6 is 15.9 Å². The number of halogens is 1. The molecule has 1 atom stereocenters. The third-order valence-electron chi connectivity index (χ3n) is 2.40. The summed E-state index contributed by atoms with van der Waals surface area (Å²) in [5, 5.41) is 3.16. The molecular formula is C11H12BrN3O2. The highest BCUT2D eigenvalue weighted by molar-refractivity contribution is 9.10. The van der Waals surface area contributed by atoms with Crippen LogP contribution < -0.4 is 10.1 Å². The molecule has 0 radical (unpaired) electrons. The predicted molar refractivity (Wildman–Crippen MR) is 65.9 cm³/mol. The van der Waals surface area contributed by atoms with Gasteiger partial charge < -0.3 is 14.5 Å². The van der Waals surface area contributed by atoms with E-state index in [4.69, 9.17) is 9.15 Å². The first-order valence-electron chi connectivity index (χ1n) is 5.03. The van der Waals surface area contributed by atoms with Gasteiger partial charge in [0.05, 0.1) is 19.4 Å². The molecule has 0 saturated carbocycles. The van der Waals surface area contributed by atoms with Crippen LogP contribution in [0.4, 0.5) is 0 Å². The molecule has 17 heavy (non-hydrogen) atoms. The number of methoxy groups -OCH3 is 1. The number of ether oxygens (including phenoxy) is 1. The van der Waals surface area contributed by atoms with Gasteiger partial charge in [-0.15, -0.1) is 0 Å². The Morgan fingerprint density at radius 2 is 2.18 bits per heavy atom. The summed E-state index contributed by atoms with van der Waals surface area (Å²) >= 11 is 3.36. The summed E-state index contributed by atoms with van der Waals surface area (Å²) < 4.78 is 11.1. The van der Waals surface area contributed by atoms with Crippen LogP contribution in [-0.2, 0) is 0 Å². The highest BCUT2D eigenvalue weighted by Crippen LogP contribution is 2.31. The van der Waals surface area contributed by atoms with Crippen LogP contribution in [0.5, 0.6) is 5.88 Å². The van der Waals surface area contributed by atoms with E-state index in [2.05, 4.69) is 31.2 Å². The lowest BCUT2D eigenvalue weighted by atomic mass is 10.1. The summed E-state index contributed by atoms with van der Waals surface area (Å²) in [7, 11) is 3.42. The van der Waals surface area contributed by atoms with Crippen molar-refractivity contribution in [2.24, 2.45) is 0 Å². The lowest BCUT2D eigenvalue weighted by Crippen LogP contribution is -2.20. The molecule has 5 nitrogen and oxygen atoms in total. The Kier molecular flexibility index (Phi) is 3.75. The maximum atomic E-state index is 5.23. The smallest absolute Gasteiger partial charge is 0.237 e. The molecule has 0 aliphatic heterocycles. The van der Waals surface area contributed by atoms with Crippen molar-refractivity contribution in [1.82, 2.24) is 15.3 Å². The van der Waals surface area contributed by atoms with Gasteiger partial charge in [-0.25, -0.2) is 4.98 Å². The second-order valence-electron chi connectivity index (χ2n) is 3.32. The summed E-state index contributed by atoms with van der Waals surface area (Å²) in [5.41, 5.74) is 1.67. The van der Waals surface area contributed by atoms with Crippen LogP contribution in [0.1, 0.15) is 17.3 Å². The van der Waals surface area contributed by atoms with Gasteiger partial charge in [-0.2, -0.15) is 0 Å². The Balaban J connectivity index is 2.46. The first-order chi connectivity index (χ1) is 8.27.